The van der Waals surface area contributed by atoms with Crippen molar-refractivity contribution in [2.75, 3.05) is 13.7 Å². The number of para-hydroxylation sites is 1. The average molecular weight is 374 g/mol. The largest absolute Gasteiger partial charge is 0.482 e. The first-order chi connectivity index (χ1) is 13.1. The van der Waals surface area contributed by atoms with Gasteiger partial charge in [-0.25, -0.2) is 4.39 Å². The number of carbonyl (C=O) groups excluding carboxylic acids is 1. The summed E-state index contributed by atoms with van der Waals surface area (Å²) >= 11 is 0. The van der Waals surface area contributed by atoms with Gasteiger partial charge in [0.1, 0.15) is 0 Å². The lowest BCUT2D eigenvalue weighted by Crippen LogP contribution is -2.34. The Morgan fingerprint density at radius 2 is 1.96 bits per heavy atom. The molecule has 0 amide bonds. The van der Waals surface area contributed by atoms with Crippen LogP contribution in [-0.4, -0.2) is 25.8 Å². The highest BCUT2D eigenvalue weighted by Crippen LogP contribution is 2.36. The Morgan fingerprint density at radius 3 is 2.67 bits per heavy atom. The van der Waals surface area contributed by atoms with Gasteiger partial charge in [-0.1, -0.05) is 37.6 Å². The van der Waals surface area contributed by atoms with Crippen LogP contribution in [0.15, 0.2) is 42.5 Å². The van der Waals surface area contributed by atoms with Crippen LogP contribution in [0.5, 0.6) is 5.75 Å². The molecule has 0 aromatic heterocycles. The van der Waals surface area contributed by atoms with Crippen molar-refractivity contribution in [3.63, 3.8) is 0 Å². The number of rotatable bonds is 9. The number of methoxy groups -OCH3 is 1. The van der Waals surface area contributed by atoms with Crippen LogP contribution in [0.1, 0.15) is 47.5 Å². The molecule has 0 saturated carbocycles. The third-order valence-corrected chi connectivity index (χ3v) is 4.29. The van der Waals surface area contributed by atoms with Gasteiger partial charge < -0.3 is 18.9 Å². The number of hydrogen-bond donors (Lipinski definition) is 0. The predicted molar refractivity (Wildman–Crippen MR) is 97.0 cm³/mol. The minimum atomic E-state index is -0.498. The molecular weight excluding hydrogens is 351 g/mol. The fourth-order valence-electron chi connectivity index (χ4n) is 2.88. The molecule has 1 saturated heterocycles. The molecule has 27 heavy (non-hydrogen) atoms. The molecule has 1 heterocycles. The molecular formula is C21H23FO5. The van der Waals surface area contributed by atoms with Gasteiger partial charge in [-0.05, 0) is 30.2 Å². The molecule has 6 heteroatoms. The molecule has 0 N–H and O–H groups in total. The van der Waals surface area contributed by atoms with Crippen LogP contribution in [0.3, 0.4) is 0 Å². The average Bonchev–Trinajstić information content (AvgIpc) is 2.64. The van der Waals surface area contributed by atoms with Crippen molar-refractivity contribution in [2.24, 2.45) is 0 Å². The third kappa shape index (κ3) is 4.71. The number of benzene rings is 2. The van der Waals surface area contributed by atoms with E-state index in [1.165, 1.54) is 12.1 Å². The van der Waals surface area contributed by atoms with Gasteiger partial charge in [0.15, 0.2) is 36.5 Å². The van der Waals surface area contributed by atoms with Gasteiger partial charge in [-0.15, -0.1) is 0 Å². The summed E-state index contributed by atoms with van der Waals surface area (Å²) in [7, 11) is 1.59. The molecule has 5 nitrogen and oxygen atoms in total. The van der Waals surface area contributed by atoms with Crippen molar-refractivity contribution in [2.45, 2.75) is 39.0 Å². The van der Waals surface area contributed by atoms with Crippen LogP contribution in [0.2, 0.25) is 0 Å². The first-order valence-corrected chi connectivity index (χ1v) is 8.95. The highest BCUT2D eigenvalue weighted by molar-refractivity contribution is 5.97. The van der Waals surface area contributed by atoms with Gasteiger partial charge in [-0.3, -0.25) is 4.79 Å². The fraction of sp³-hybridized carbons (Fsp3) is 0.381. The standard InChI is InChI=1S/C21H23FO5/c1-3-6-20-26-21(27-20)16-10-9-14(11-15(16)12-24-2)18(23)13-25-19-8-5-4-7-17(19)22/h4-5,7-11,20-21H,3,6,12-13H2,1-2H3. The first-order valence-electron chi connectivity index (χ1n) is 8.95. The van der Waals surface area contributed by atoms with E-state index in [-0.39, 0.29) is 24.4 Å². The van der Waals surface area contributed by atoms with Crippen molar-refractivity contribution in [3.8, 4) is 5.75 Å². The summed E-state index contributed by atoms with van der Waals surface area (Å²) in [5.41, 5.74) is 2.12. The van der Waals surface area contributed by atoms with Crippen LogP contribution >= 0.6 is 0 Å². The molecule has 0 aliphatic carbocycles. The van der Waals surface area contributed by atoms with Gasteiger partial charge in [0.2, 0.25) is 0 Å². The zero-order chi connectivity index (χ0) is 19.2. The van der Waals surface area contributed by atoms with Gasteiger partial charge >= 0.3 is 0 Å². The molecule has 1 aliphatic heterocycles. The number of ketones is 1. The molecule has 1 fully saturated rings. The Balaban J connectivity index is 1.68. The monoisotopic (exact) mass is 374 g/mol. The van der Waals surface area contributed by atoms with E-state index in [0.29, 0.717) is 12.2 Å². The lowest BCUT2D eigenvalue weighted by molar-refractivity contribution is -0.391. The van der Waals surface area contributed by atoms with E-state index in [1.807, 2.05) is 0 Å². The van der Waals surface area contributed by atoms with Gasteiger partial charge in [0.05, 0.1) is 6.61 Å². The Kier molecular flexibility index (Phi) is 6.55. The van der Waals surface area contributed by atoms with Gasteiger partial charge in [0.25, 0.3) is 0 Å². The Morgan fingerprint density at radius 1 is 1.19 bits per heavy atom. The smallest absolute Gasteiger partial charge is 0.200 e. The van der Waals surface area contributed by atoms with Crippen LogP contribution < -0.4 is 4.74 Å². The fourth-order valence-corrected chi connectivity index (χ4v) is 2.88. The van der Waals surface area contributed by atoms with Crippen LogP contribution in [-0.2, 0) is 20.8 Å². The number of carbonyl (C=O) groups is 1. The van der Waals surface area contributed by atoms with Crippen LogP contribution in [0.25, 0.3) is 0 Å². The minimum Gasteiger partial charge on any atom is -0.482 e. The molecule has 0 atom stereocenters. The molecule has 0 radical (unpaired) electrons. The van der Waals surface area contributed by atoms with Crippen molar-refractivity contribution >= 4 is 5.78 Å². The van der Waals surface area contributed by atoms with E-state index >= 15 is 0 Å². The lowest BCUT2D eigenvalue weighted by atomic mass is 10.0. The highest BCUT2D eigenvalue weighted by Gasteiger charge is 2.33. The maximum atomic E-state index is 13.6. The summed E-state index contributed by atoms with van der Waals surface area (Å²) in [6.45, 7) is 2.15. The normalized spacial score (nSPS) is 18.8. The Hall–Kier alpha value is -2.28. The molecule has 0 spiro atoms. The van der Waals surface area contributed by atoms with Gasteiger partial charge in [0, 0.05) is 18.2 Å². The summed E-state index contributed by atoms with van der Waals surface area (Å²) in [6.07, 6.45) is 1.22. The van der Waals surface area contributed by atoms with Crippen LogP contribution in [0.4, 0.5) is 4.39 Å². The molecule has 3 rings (SSSR count). The number of hydrogen-bond acceptors (Lipinski definition) is 5. The summed E-state index contributed by atoms with van der Waals surface area (Å²) in [5, 5.41) is 0. The SMILES string of the molecule is CCCC1OC(c2ccc(C(=O)COc3ccccc3F)cc2COC)O1. The zero-order valence-electron chi connectivity index (χ0n) is 15.4. The Bertz CT molecular complexity index is 786. The second-order valence-corrected chi connectivity index (χ2v) is 6.31. The minimum absolute atomic E-state index is 0.0535. The van der Waals surface area contributed by atoms with Crippen molar-refractivity contribution < 1.29 is 28.1 Å². The van der Waals surface area contributed by atoms with Crippen LogP contribution in [0, 0.1) is 5.82 Å². The van der Waals surface area contributed by atoms with Crippen molar-refractivity contribution in [1.29, 1.82) is 0 Å². The molecule has 2 aromatic rings. The quantitative estimate of drug-likeness (QED) is 0.609. The van der Waals surface area contributed by atoms with E-state index < -0.39 is 12.1 Å². The summed E-state index contributed by atoms with van der Waals surface area (Å²) in [4.78, 5) is 12.4. The summed E-state index contributed by atoms with van der Waals surface area (Å²) < 4.78 is 35.6. The molecule has 144 valence electrons. The van der Waals surface area contributed by atoms with Crippen molar-refractivity contribution in [3.05, 3.63) is 65.0 Å². The van der Waals surface area contributed by atoms with Crippen molar-refractivity contribution in [1.82, 2.24) is 0 Å². The molecule has 1 aliphatic rings. The summed E-state index contributed by atoms with van der Waals surface area (Å²) in [6, 6.07) is 11.2. The lowest BCUT2D eigenvalue weighted by Gasteiger charge is -2.37. The number of ether oxygens (including phenoxy) is 4. The third-order valence-electron chi connectivity index (χ3n) is 4.29. The maximum Gasteiger partial charge on any atom is 0.200 e. The predicted octanol–water partition coefficient (Wildman–Crippen LogP) is 4.41. The number of Topliss-reactive ketones (excluding diaryl/α,β-unsaturated/α-hetero) is 1. The topological polar surface area (TPSA) is 54.0 Å². The Labute approximate surface area is 158 Å². The molecule has 2 aromatic carbocycles. The maximum absolute atomic E-state index is 13.6. The highest BCUT2D eigenvalue weighted by atomic mass is 19.1. The molecule has 0 bridgehead atoms. The van der Waals surface area contributed by atoms with E-state index in [9.17, 15) is 9.18 Å². The number of halogens is 1. The summed E-state index contributed by atoms with van der Waals surface area (Å²) in [5.74, 6) is -0.694. The second kappa shape index (κ2) is 9.08. The zero-order valence-corrected chi connectivity index (χ0v) is 15.4. The van der Waals surface area contributed by atoms with E-state index in [1.54, 1.807) is 37.4 Å². The van der Waals surface area contributed by atoms with E-state index in [4.69, 9.17) is 18.9 Å². The van der Waals surface area contributed by atoms with E-state index in [0.717, 1.165) is 24.0 Å². The molecule has 0 unspecified atom stereocenters. The van der Waals surface area contributed by atoms with E-state index in [2.05, 4.69) is 6.92 Å². The second-order valence-electron chi connectivity index (χ2n) is 6.31. The van der Waals surface area contributed by atoms with Gasteiger partial charge in [-0.2, -0.15) is 0 Å². The first kappa shape index (κ1) is 19.5.